The van der Waals surface area contributed by atoms with E-state index in [-0.39, 0.29) is 16.4 Å². The first kappa shape index (κ1) is 14.8. The Labute approximate surface area is 126 Å². The number of rotatable bonds is 1. The van der Waals surface area contributed by atoms with Gasteiger partial charge in [-0.15, -0.1) is 0 Å². The van der Waals surface area contributed by atoms with Crippen molar-refractivity contribution in [3.8, 4) is 22.6 Å². The number of nitrogens with two attached hydrogens (primary N) is 1. The van der Waals surface area contributed by atoms with E-state index in [0.717, 1.165) is 12.1 Å². The Balaban J connectivity index is 2.13. The van der Waals surface area contributed by atoms with E-state index in [9.17, 15) is 17.6 Å². The molecule has 0 bridgehead atoms. The summed E-state index contributed by atoms with van der Waals surface area (Å²) in [4.78, 5) is 0. The summed E-state index contributed by atoms with van der Waals surface area (Å²) in [5.74, 6) is -0.943. The zero-order chi connectivity index (χ0) is 16.3. The molecule has 2 heterocycles. The smallest absolute Gasteiger partial charge is 0.421 e. The van der Waals surface area contributed by atoms with Crippen molar-refractivity contribution in [2.75, 3.05) is 5.73 Å². The molecule has 0 saturated carbocycles. The van der Waals surface area contributed by atoms with Crippen LogP contribution in [0.4, 0.5) is 23.4 Å². The number of aromatic nitrogens is 2. The van der Waals surface area contributed by atoms with Crippen molar-refractivity contribution in [1.29, 1.82) is 0 Å². The minimum absolute atomic E-state index is 0.0249. The third kappa shape index (κ3) is 2.04. The average Bonchev–Trinajstić information content (AvgIpc) is 2.71. The normalized spacial score (nSPS) is 18.3. The summed E-state index contributed by atoms with van der Waals surface area (Å²) in [6.07, 6.45) is -8.23. The number of alkyl halides is 4. The monoisotopic (exact) mass is 337 g/mol. The third-order valence-corrected chi connectivity index (χ3v) is 3.44. The highest BCUT2D eigenvalue weighted by atomic mass is 35.5. The number of benzene rings is 1. The van der Waals surface area contributed by atoms with Gasteiger partial charge in [-0.3, -0.25) is 4.68 Å². The van der Waals surface area contributed by atoms with Gasteiger partial charge in [0.05, 0.1) is 11.2 Å². The van der Waals surface area contributed by atoms with Gasteiger partial charge in [-0.25, -0.2) is 0 Å². The standard InChI is InChI=1S/C12H8ClF4N3O2/c1-20-10(18)6(4-19-20)5-2-8-9(3-7(5)13)22-12(16,17)11(14,15)21-8/h2-4H,18H2,1H3. The van der Waals surface area contributed by atoms with E-state index in [0.29, 0.717) is 5.56 Å². The molecule has 3 rings (SSSR count). The van der Waals surface area contributed by atoms with Gasteiger partial charge >= 0.3 is 12.2 Å². The SMILES string of the molecule is Cn1ncc(-c2cc3c(cc2Cl)OC(F)(F)C(F)(F)O3)c1N. The topological polar surface area (TPSA) is 62.3 Å². The van der Waals surface area contributed by atoms with Crippen molar-refractivity contribution in [2.45, 2.75) is 12.2 Å². The van der Waals surface area contributed by atoms with Crippen molar-refractivity contribution in [2.24, 2.45) is 7.05 Å². The number of aryl methyl sites for hydroxylation is 1. The molecule has 0 spiro atoms. The zero-order valence-electron chi connectivity index (χ0n) is 10.9. The van der Waals surface area contributed by atoms with Gasteiger partial charge < -0.3 is 15.2 Å². The third-order valence-electron chi connectivity index (χ3n) is 3.12. The molecule has 118 valence electrons. The van der Waals surface area contributed by atoms with Crippen LogP contribution in [0.3, 0.4) is 0 Å². The van der Waals surface area contributed by atoms with Crippen molar-refractivity contribution < 1.29 is 27.0 Å². The largest absolute Gasteiger partial charge is 0.507 e. The summed E-state index contributed by atoms with van der Waals surface area (Å²) in [6.45, 7) is 0. The number of hydrogen-bond acceptors (Lipinski definition) is 4. The highest BCUT2D eigenvalue weighted by Crippen LogP contribution is 2.50. The molecular weight excluding hydrogens is 330 g/mol. The van der Waals surface area contributed by atoms with Crippen LogP contribution in [-0.4, -0.2) is 22.0 Å². The Hall–Kier alpha value is -2.16. The minimum Gasteiger partial charge on any atom is -0.421 e. The summed E-state index contributed by atoms with van der Waals surface area (Å²) < 4.78 is 62.0. The molecule has 2 N–H and O–H groups in total. The van der Waals surface area contributed by atoms with E-state index in [1.54, 1.807) is 7.05 Å². The van der Waals surface area contributed by atoms with Crippen LogP contribution < -0.4 is 15.2 Å². The maximum atomic E-state index is 13.2. The summed E-state index contributed by atoms with van der Waals surface area (Å²) >= 11 is 5.98. The molecule has 0 radical (unpaired) electrons. The van der Waals surface area contributed by atoms with Gasteiger partial charge in [-0.05, 0) is 6.07 Å². The van der Waals surface area contributed by atoms with Crippen LogP contribution in [0.2, 0.25) is 5.02 Å². The van der Waals surface area contributed by atoms with E-state index in [4.69, 9.17) is 17.3 Å². The molecule has 0 amide bonds. The molecule has 0 saturated heterocycles. The molecule has 0 fully saturated rings. The minimum atomic E-state index is -4.80. The lowest BCUT2D eigenvalue weighted by molar-refractivity contribution is -0.391. The van der Waals surface area contributed by atoms with Crippen molar-refractivity contribution >= 4 is 17.4 Å². The van der Waals surface area contributed by atoms with Crippen LogP contribution >= 0.6 is 11.6 Å². The predicted molar refractivity (Wildman–Crippen MR) is 69.2 cm³/mol. The molecule has 0 aliphatic carbocycles. The Kier molecular flexibility index (Phi) is 2.96. The number of fused-ring (bicyclic) bond motifs is 1. The Bertz CT molecular complexity index is 763. The molecule has 2 aromatic rings. The first-order chi connectivity index (χ1) is 10.1. The molecule has 1 aromatic carbocycles. The molecule has 10 heteroatoms. The Morgan fingerprint density at radius 1 is 1.09 bits per heavy atom. The maximum Gasteiger partial charge on any atom is 0.507 e. The molecule has 0 unspecified atom stereocenters. The van der Waals surface area contributed by atoms with Crippen LogP contribution in [0.5, 0.6) is 11.5 Å². The molecule has 0 atom stereocenters. The second-order valence-electron chi connectivity index (χ2n) is 4.58. The Morgan fingerprint density at radius 3 is 2.14 bits per heavy atom. The number of ether oxygens (including phenoxy) is 2. The van der Waals surface area contributed by atoms with Crippen molar-refractivity contribution in [3.05, 3.63) is 23.4 Å². The maximum absolute atomic E-state index is 13.2. The van der Waals surface area contributed by atoms with E-state index in [1.165, 1.54) is 10.9 Å². The highest BCUT2D eigenvalue weighted by Gasteiger charge is 2.66. The molecule has 5 nitrogen and oxygen atoms in total. The van der Waals surface area contributed by atoms with E-state index in [1.807, 2.05) is 0 Å². The summed E-state index contributed by atoms with van der Waals surface area (Å²) in [5.41, 5.74) is 6.33. The first-order valence-corrected chi connectivity index (χ1v) is 6.25. The number of halogens is 5. The van der Waals surface area contributed by atoms with E-state index in [2.05, 4.69) is 14.6 Å². The lowest BCUT2D eigenvalue weighted by Crippen LogP contribution is -2.52. The van der Waals surface area contributed by atoms with Gasteiger partial charge in [0.1, 0.15) is 5.82 Å². The number of hydrogen-bond donors (Lipinski definition) is 1. The van der Waals surface area contributed by atoms with Gasteiger partial charge in [-0.1, -0.05) is 11.6 Å². The van der Waals surface area contributed by atoms with Gasteiger partial charge in [0.25, 0.3) is 0 Å². The molecule has 22 heavy (non-hydrogen) atoms. The van der Waals surface area contributed by atoms with Crippen molar-refractivity contribution in [1.82, 2.24) is 9.78 Å². The lowest BCUT2D eigenvalue weighted by atomic mass is 10.1. The lowest BCUT2D eigenvalue weighted by Gasteiger charge is -2.32. The molecule has 1 aromatic heterocycles. The van der Waals surface area contributed by atoms with E-state index < -0.39 is 23.7 Å². The Morgan fingerprint density at radius 2 is 1.64 bits per heavy atom. The zero-order valence-corrected chi connectivity index (χ0v) is 11.7. The van der Waals surface area contributed by atoms with Gasteiger partial charge in [0.15, 0.2) is 11.5 Å². The van der Waals surface area contributed by atoms with Gasteiger partial charge in [0.2, 0.25) is 0 Å². The van der Waals surface area contributed by atoms with Gasteiger partial charge in [0, 0.05) is 24.2 Å². The highest BCUT2D eigenvalue weighted by molar-refractivity contribution is 6.33. The molecular formula is C12H8ClF4N3O2. The van der Waals surface area contributed by atoms with Crippen LogP contribution in [-0.2, 0) is 7.05 Å². The first-order valence-electron chi connectivity index (χ1n) is 5.87. The fraction of sp³-hybridized carbons (Fsp3) is 0.250. The fourth-order valence-electron chi connectivity index (χ4n) is 1.95. The average molecular weight is 338 g/mol. The second kappa shape index (κ2) is 4.42. The van der Waals surface area contributed by atoms with Crippen LogP contribution in [0.15, 0.2) is 18.3 Å². The summed E-state index contributed by atoms with van der Waals surface area (Å²) in [7, 11) is 1.57. The number of nitrogen functional groups attached to an aromatic ring is 1. The quantitative estimate of drug-likeness (QED) is 0.811. The fourth-order valence-corrected chi connectivity index (χ4v) is 2.21. The van der Waals surface area contributed by atoms with E-state index >= 15 is 0 Å². The number of nitrogens with zero attached hydrogens (tertiary/aromatic N) is 2. The summed E-state index contributed by atoms with van der Waals surface area (Å²) in [5, 5.41) is 3.87. The second-order valence-corrected chi connectivity index (χ2v) is 4.99. The van der Waals surface area contributed by atoms with Gasteiger partial charge in [-0.2, -0.15) is 22.7 Å². The van der Waals surface area contributed by atoms with Crippen LogP contribution in [0.1, 0.15) is 0 Å². The predicted octanol–water partition coefficient (Wildman–Crippen LogP) is 3.28. The summed E-state index contributed by atoms with van der Waals surface area (Å²) in [6, 6.07) is 2.01. The van der Waals surface area contributed by atoms with Crippen molar-refractivity contribution in [3.63, 3.8) is 0 Å². The number of anilines is 1. The molecule has 1 aliphatic heterocycles. The van der Waals surface area contributed by atoms with Crippen LogP contribution in [0.25, 0.3) is 11.1 Å². The molecule has 1 aliphatic rings. The van der Waals surface area contributed by atoms with Crippen LogP contribution in [0, 0.1) is 0 Å².